The highest BCUT2D eigenvalue weighted by atomic mass is 16.3. The normalized spacial score (nSPS) is 49.4. The van der Waals surface area contributed by atoms with Crippen LogP contribution in [0.5, 0.6) is 0 Å². The monoisotopic (exact) mass is 452 g/mol. The van der Waals surface area contributed by atoms with Crippen LogP contribution in [0.3, 0.4) is 0 Å². The number of hydrogen-bond donors (Lipinski definition) is 5. The van der Waals surface area contributed by atoms with Crippen LogP contribution < -0.4 is 0 Å². The summed E-state index contributed by atoms with van der Waals surface area (Å²) in [5, 5.41) is 51.9. The predicted octanol–water partition coefficient (Wildman–Crippen LogP) is 3.36. The molecule has 4 rings (SSSR count). The van der Waals surface area contributed by atoms with Crippen LogP contribution in [0.25, 0.3) is 0 Å². The zero-order valence-corrected chi connectivity index (χ0v) is 20.5. The molecule has 5 nitrogen and oxygen atoms in total. The van der Waals surface area contributed by atoms with Crippen LogP contribution >= 0.6 is 0 Å². The highest BCUT2D eigenvalue weighted by molar-refractivity contribution is 5.14. The molecule has 0 aliphatic heterocycles. The van der Waals surface area contributed by atoms with E-state index in [0.717, 1.165) is 57.8 Å². The Bertz CT molecular complexity index is 638. The van der Waals surface area contributed by atoms with E-state index in [9.17, 15) is 25.5 Å². The number of aliphatic hydroxyl groups is 5. The van der Waals surface area contributed by atoms with Gasteiger partial charge in [0.15, 0.2) is 0 Å². The maximum atomic E-state index is 11.6. The molecule has 0 saturated heterocycles. The van der Waals surface area contributed by atoms with Gasteiger partial charge in [0, 0.05) is 19.1 Å². The molecule has 0 aromatic heterocycles. The smallest absolute Gasteiger partial charge is 0.0582 e. The number of fused-ring (bicyclic) bond motifs is 5. The SMILES string of the molecule is C[C@H](CCCC(CO)CO)[C@H]1CC[C@H]2[C@H]3[C@H]([C@H](O)C[C@]12C)[C@@]1(C)CC[C@@H](O)C[C@H]1C[C@H]3O. The number of rotatable bonds is 7. The maximum absolute atomic E-state index is 11.6. The van der Waals surface area contributed by atoms with Crippen LogP contribution in [-0.2, 0) is 0 Å². The Balaban J connectivity index is 1.50. The Morgan fingerprint density at radius 1 is 0.875 bits per heavy atom. The van der Waals surface area contributed by atoms with Crippen molar-refractivity contribution in [2.75, 3.05) is 13.2 Å². The van der Waals surface area contributed by atoms with E-state index in [4.69, 9.17) is 0 Å². The van der Waals surface area contributed by atoms with Gasteiger partial charge in [-0.2, -0.15) is 0 Å². The zero-order valence-electron chi connectivity index (χ0n) is 20.5. The Morgan fingerprint density at radius 2 is 1.59 bits per heavy atom. The molecule has 0 radical (unpaired) electrons. The second-order valence-electron chi connectivity index (χ2n) is 12.7. The predicted molar refractivity (Wildman–Crippen MR) is 125 cm³/mol. The molecule has 5 heteroatoms. The third kappa shape index (κ3) is 4.08. The summed E-state index contributed by atoms with van der Waals surface area (Å²) in [6.07, 6.45) is 8.46. The lowest BCUT2D eigenvalue weighted by atomic mass is 9.43. The molecule has 4 aliphatic carbocycles. The van der Waals surface area contributed by atoms with E-state index in [2.05, 4.69) is 20.8 Å². The Morgan fingerprint density at radius 3 is 2.28 bits per heavy atom. The van der Waals surface area contributed by atoms with Crippen LogP contribution in [0.2, 0.25) is 0 Å². The van der Waals surface area contributed by atoms with E-state index in [1.165, 1.54) is 6.42 Å². The molecular formula is C27H48O5. The molecule has 0 aromatic rings. The van der Waals surface area contributed by atoms with Gasteiger partial charge in [0.25, 0.3) is 0 Å². The molecule has 5 N–H and O–H groups in total. The van der Waals surface area contributed by atoms with Crippen LogP contribution in [0.1, 0.15) is 85.0 Å². The summed E-state index contributed by atoms with van der Waals surface area (Å²) in [7, 11) is 0. The fraction of sp³-hybridized carbons (Fsp3) is 1.00. The van der Waals surface area contributed by atoms with Gasteiger partial charge in [-0.15, -0.1) is 0 Å². The van der Waals surface area contributed by atoms with Crippen molar-refractivity contribution in [3.05, 3.63) is 0 Å². The van der Waals surface area contributed by atoms with Crippen molar-refractivity contribution in [3.8, 4) is 0 Å². The molecule has 0 amide bonds. The minimum absolute atomic E-state index is 0.00791. The standard InChI is InChI=1S/C27H48O5/c1-16(5-4-6-17(14-28)15-29)20-7-8-21-24-22(31)12-18-11-19(30)9-10-26(18,2)25(24)23(32)13-27(20,21)3/h16-25,28-32H,4-15H2,1-3H3/t16-,18+,19-,20-,21+,22-,23-,24-,25+,26+,27-/m1/s1. The van der Waals surface area contributed by atoms with E-state index in [-0.39, 0.29) is 60.1 Å². The first-order chi connectivity index (χ1) is 15.2. The summed E-state index contributed by atoms with van der Waals surface area (Å²) >= 11 is 0. The first-order valence-electron chi connectivity index (χ1n) is 13.4. The first-order valence-corrected chi connectivity index (χ1v) is 13.4. The van der Waals surface area contributed by atoms with Crippen molar-refractivity contribution < 1.29 is 25.5 Å². The maximum Gasteiger partial charge on any atom is 0.0582 e. The second-order valence-corrected chi connectivity index (χ2v) is 12.7. The van der Waals surface area contributed by atoms with E-state index >= 15 is 0 Å². The third-order valence-electron chi connectivity index (χ3n) is 11.1. The summed E-state index contributed by atoms with van der Waals surface area (Å²) in [6, 6.07) is 0. The van der Waals surface area contributed by atoms with Gasteiger partial charge in [-0.25, -0.2) is 0 Å². The number of hydrogen-bond acceptors (Lipinski definition) is 5. The van der Waals surface area contributed by atoms with Gasteiger partial charge >= 0.3 is 0 Å². The molecule has 0 bridgehead atoms. The van der Waals surface area contributed by atoms with Crippen molar-refractivity contribution >= 4 is 0 Å². The summed E-state index contributed by atoms with van der Waals surface area (Å²) in [4.78, 5) is 0. The minimum atomic E-state index is -0.375. The Hall–Kier alpha value is -0.200. The van der Waals surface area contributed by atoms with Crippen molar-refractivity contribution in [1.29, 1.82) is 0 Å². The molecule has 0 spiro atoms. The van der Waals surface area contributed by atoms with E-state index in [0.29, 0.717) is 23.7 Å². The fourth-order valence-electron chi connectivity index (χ4n) is 9.45. The highest BCUT2D eigenvalue weighted by Crippen LogP contribution is 2.68. The van der Waals surface area contributed by atoms with Gasteiger partial charge in [0.2, 0.25) is 0 Å². The first kappa shape index (κ1) is 24.9. The molecular weight excluding hydrogens is 404 g/mol. The second kappa shape index (κ2) is 9.45. The lowest BCUT2D eigenvalue weighted by molar-refractivity contribution is -0.213. The van der Waals surface area contributed by atoms with Crippen LogP contribution in [0, 0.1) is 52.3 Å². The lowest BCUT2D eigenvalue weighted by Crippen LogP contribution is -2.63. The lowest BCUT2D eigenvalue weighted by Gasteiger charge is -2.63. The summed E-state index contributed by atoms with van der Waals surface area (Å²) in [6.45, 7) is 7.19. The van der Waals surface area contributed by atoms with Gasteiger partial charge in [0.05, 0.1) is 18.3 Å². The minimum Gasteiger partial charge on any atom is -0.396 e. The largest absolute Gasteiger partial charge is 0.396 e. The van der Waals surface area contributed by atoms with Gasteiger partial charge in [0.1, 0.15) is 0 Å². The van der Waals surface area contributed by atoms with Crippen LogP contribution in [-0.4, -0.2) is 57.1 Å². The topological polar surface area (TPSA) is 101 Å². The Labute approximate surface area is 194 Å². The van der Waals surface area contributed by atoms with Gasteiger partial charge in [-0.1, -0.05) is 33.6 Å². The number of aliphatic hydroxyl groups excluding tert-OH is 5. The van der Waals surface area contributed by atoms with Gasteiger partial charge < -0.3 is 25.5 Å². The van der Waals surface area contributed by atoms with E-state index < -0.39 is 0 Å². The highest BCUT2D eigenvalue weighted by Gasteiger charge is 2.65. The summed E-state index contributed by atoms with van der Waals surface area (Å²) < 4.78 is 0. The van der Waals surface area contributed by atoms with Crippen LogP contribution in [0.15, 0.2) is 0 Å². The summed E-state index contributed by atoms with van der Waals surface area (Å²) in [5.41, 5.74) is 0.0862. The molecule has 4 aliphatic rings. The molecule has 0 heterocycles. The van der Waals surface area contributed by atoms with Crippen molar-refractivity contribution in [2.24, 2.45) is 52.3 Å². The van der Waals surface area contributed by atoms with Gasteiger partial charge in [-0.05, 0) is 97.7 Å². The van der Waals surface area contributed by atoms with E-state index in [1.54, 1.807) is 0 Å². The quantitative estimate of drug-likeness (QED) is 0.408. The zero-order chi connectivity index (χ0) is 23.3. The molecule has 186 valence electrons. The van der Waals surface area contributed by atoms with Crippen molar-refractivity contribution in [3.63, 3.8) is 0 Å². The average Bonchev–Trinajstić information content (AvgIpc) is 3.08. The molecule has 4 saturated carbocycles. The van der Waals surface area contributed by atoms with Crippen molar-refractivity contribution in [1.82, 2.24) is 0 Å². The average molecular weight is 453 g/mol. The molecule has 0 unspecified atom stereocenters. The van der Waals surface area contributed by atoms with Gasteiger partial charge in [-0.3, -0.25) is 0 Å². The Kier molecular flexibility index (Phi) is 7.36. The summed E-state index contributed by atoms with van der Waals surface area (Å²) in [5.74, 6) is 2.17. The molecule has 11 atom stereocenters. The fourth-order valence-corrected chi connectivity index (χ4v) is 9.45. The van der Waals surface area contributed by atoms with E-state index in [1.807, 2.05) is 0 Å². The molecule has 0 aromatic carbocycles. The molecule has 32 heavy (non-hydrogen) atoms. The third-order valence-corrected chi connectivity index (χ3v) is 11.1. The van der Waals surface area contributed by atoms with Crippen molar-refractivity contribution in [2.45, 2.75) is 103 Å². The van der Waals surface area contributed by atoms with Crippen LogP contribution in [0.4, 0.5) is 0 Å². The molecule has 4 fully saturated rings.